The van der Waals surface area contributed by atoms with Crippen LogP contribution >= 0.6 is 0 Å². The van der Waals surface area contributed by atoms with Crippen LogP contribution in [0.25, 0.3) is 0 Å². The molecule has 5 unspecified atom stereocenters. The van der Waals surface area contributed by atoms with Gasteiger partial charge in [0.25, 0.3) is 0 Å². The van der Waals surface area contributed by atoms with Crippen molar-refractivity contribution < 1.29 is 9.53 Å². The number of hydrogen-bond donors (Lipinski definition) is 0. The number of rotatable bonds is 2. The molecular formula is C14H21NO2. The number of nitrogens with zero attached hydrogens (tertiary/aromatic N) is 1. The van der Waals surface area contributed by atoms with Gasteiger partial charge in [-0.3, -0.25) is 9.69 Å². The number of carbonyl (C=O) groups is 1. The van der Waals surface area contributed by atoms with Crippen molar-refractivity contribution in [1.29, 1.82) is 0 Å². The van der Waals surface area contributed by atoms with E-state index in [0.29, 0.717) is 0 Å². The Bertz CT molecular complexity index is 330. The molecule has 17 heavy (non-hydrogen) atoms. The maximum Gasteiger partial charge on any atom is 0.322 e. The Morgan fingerprint density at radius 2 is 1.76 bits per heavy atom. The largest absolute Gasteiger partial charge is 0.468 e. The SMILES string of the molecule is COC(=O)C(C)N1CC2C3C=CC(CC3)C2C1. The maximum atomic E-state index is 11.6. The minimum atomic E-state index is -0.0936. The van der Waals surface area contributed by atoms with Gasteiger partial charge in [-0.2, -0.15) is 0 Å². The minimum absolute atomic E-state index is 0.0787. The van der Waals surface area contributed by atoms with E-state index in [1.807, 2.05) is 6.92 Å². The molecule has 4 aliphatic rings. The summed E-state index contributed by atoms with van der Waals surface area (Å²) in [5.41, 5.74) is 0. The predicted octanol–water partition coefficient (Wildman–Crippen LogP) is 1.69. The number of ether oxygens (including phenoxy) is 1. The van der Waals surface area contributed by atoms with Crippen molar-refractivity contribution >= 4 is 5.97 Å². The van der Waals surface area contributed by atoms with Crippen LogP contribution in [0.2, 0.25) is 0 Å². The van der Waals surface area contributed by atoms with E-state index in [1.54, 1.807) is 0 Å². The number of hydrogen-bond acceptors (Lipinski definition) is 3. The van der Waals surface area contributed by atoms with Crippen molar-refractivity contribution in [3.8, 4) is 0 Å². The van der Waals surface area contributed by atoms with E-state index in [0.717, 1.165) is 36.8 Å². The van der Waals surface area contributed by atoms with Gasteiger partial charge in [-0.15, -0.1) is 0 Å². The number of likely N-dealkylation sites (tertiary alicyclic amines) is 1. The lowest BCUT2D eigenvalue weighted by atomic mass is 9.64. The molecule has 0 N–H and O–H groups in total. The van der Waals surface area contributed by atoms with Crippen molar-refractivity contribution in [2.75, 3.05) is 20.2 Å². The van der Waals surface area contributed by atoms with Gasteiger partial charge in [-0.05, 0) is 43.4 Å². The summed E-state index contributed by atoms with van der Waals surface area (Å²) in [7, 11) is 1.48. The Balaban J connectivity index is 1.72. The van der Waals surface area contributed by atoms with Crippen molar-refractivity contribution in [3.63, 3.8) is 0 Å². The van der Waals surface area contributed by atoms with Crippen molar-refractivity contribution in [1.82, 2.24) is 4.90 Å². The Labute approximate surface area is 103 Å². The van der Waals surface area contributed by atoms with Gasteiger partial charge in [0.1, 0.15) is 6.04 Å². The molecule has 1 saturated heterocycles. The minimum Gasteiger partial charge on any atom is -0.468 e. The highest BCUT2D eigenvalue weighted by molar-refractivity contribution is 5.75. The van der Waals surface area contributed by atoms with Gasteiger partial charge in [-0.1, -0.05) is 12.2 Å². The van der Waals surface area contributed by atoms with Crippen molar-refractivity contribution in [2.45, 2.75) is 25.8 Å². The number of esters is 1. The summed E-state index contributed by atoms with van der Waals surface area (Å²) in [6.45, 7) is 4.12. The van der Waals surface area contributed by atoms with Crippen LogP contribution in [0.3, 0.4) is 0 Å². The number of carbonyl (C=O) groups excluding carboxylic acids is 1. The molecule has 0 amide bonds. The fraction of sp³-hybridized carbons (Fsp3) is 0.786. The zero-order valence-corrected chi connectivity index (χ0v) is 10.6. The van der Waals surface area contributed by atoms with Crippen LogP contribution in [0, 0.1) is 23.7 Å². The van der Waals surface area contributed by atoms with E-state index < -0.39 is 0 Å². The summed E-state index contributed by atoms with van der Waals surface area (Å²) in [5.74, 6) is 3.00. The first-order valence-electron chi connectivity index (χ1n) is 6.71. The summed E-state index contributed by atoms with van der Waals surface area (Å²) in [6, 6.07) is -0.0787. The van der Waals surface area contributed by atoms with Gasteiger partial charge >= 0.3 is 5.97 Å². The van der Waals surface area contributed by atoms with E-state index in [4.69, 9.17) is 4.74 Å². The van der Waals surface area contributed by atoms with Crippen LogP contribution in [0.4, 0.5) is 0 Å². The van der Waals surface area contributed by atoms with Crippen LogP contribution in [-0.4, -0.2) is 37.1 Å². The van der Waals surface area contributed by atoms with Gasteiger partial charge in [0, 0.05) is 13.1 Å². The molecule has 3 nitrogen and oxygen atoms in total. The molecule has 1 heterocycles. The molecule has 1 saturated carbocycles. The lowest BCUT2D eigenvalue weighted by molar-refractivity contribution is -0.146. The van der Waals surface area contributed by atoms with Crippen LogP contribution in [-0.2, 0) is 9.53 Å². The van der Waals surface area contributed by atoms with E-state index in [-0.39, 0.29) is 12.0 Å². The second kappa shape index (κ2) is 4.13. The molecule has 0 radical (unpaired) electrons. The fourth-order valence-electron chi connectivity index (χ4n) is 4.00. The zero-order chi connectivity index (χ0) is 12.0. The lowest BCUT2D eigenvalue weighted by Gasteiger charge is -2.40. The molecule has 5 atom stereocenters. The molecule has 0 spiro atoms. The number of methoxy groups -OCH3 is 1. The third kappa shape index (κ3) is 1.71. The summed E-state index contributed by atoms with van der Waals surface area (Å²) in [6.07, 6.45) is 7.54. The Kier molecular flexibility index (Phi) is 2.74. The molecule has 0 aromatic carbocycles. The molecule has 3 heteroatoms. The predicted molar refractivity (Wildman–Crippen MR) is 65.4 cm³/mol. The Morgan fingerprint density at radius 1 is 1.24 bits per heavy atom. The average Bonchev–Trinajstić information content (AvgIpc) is 2.85. The first-order valence-corrected chi connectivity index (χ1v) is 6.71. The molecule has 2 bridgehead atoms. The Morgan fingerprint density at radius 3 is 2.18 bits per heavy atom. The second-order valence-electron chi connectivity index (χ2n) is 5.77. The average molecular weight is 235 g/mol. The van der Waals surface area contributed by atoms with Gasteiger partial charge < -0.3 is 4.74 Å². The van der Waals surface area contributed by atoms with Crippen molar-refractivity contribution in [2.24, 2.45) is 23.7 Å². The van der Waals surface area contributed by atoms with Crippen LogP contribution in [0.15, 0.2) is 12.2 Å². The quantitative estimate of drug-likeness (QED) is 0.539. The molecule has 0 aromatic rings. The summed E-state index contributed by atoms with van der Waals surface area (Å²) < 4.78 is 4.85. The second-order valence-corrected chi connectivity index (χ2v) is 5.77. The van der Waals surface area contributed by atoms with Crippen LogP contribution < -0.4 is 0 Å². The summed E-state index contributed by atoms with van der Waals surface area (Å²) in [4.78, 5) is 13.9. The topological polar surface area (TPSA) is 29.5 Å². The number of allylic oxidation sites excluding steroid dienone is 2. The third-order valence-corrected chi connectivity index (χ3v) is 5.07. The first-order chi connectivity index (χ1) is 8.20. The molecule has 94 valence electrons. The van der Waals surface area contributed by atoms with Gasteiger partial charge in [0.15, 0.2) is 0 Å². The number of fused-ring (bicyclic) bond motifs is 1. The maximum absolute atomic E-state index is 11.6. The highest BCUT2D eigenvalue weighted by atomic mass is 16.5. The summed E-state index contributed by atoms with van der Waals surface area (Å²) in [5, 5.41) is 0. The van der Waals surface area contributed by atoms with E-state index in [1.165, 1.54) is 20.0 Å². The normalized spacial score (nSPS) is 41.3. The van der Waals surface area contributed by atoms with Crippen molar-refractivity contribution in [3.05, 3.63) is 12.2 Å². The molecule has 0 aromatic heterocycles. The molecule has 3 aliphatic carbocycles. The lowest BCUT2D eigenvalue weighted by Crippen LogP contribution is -2.38. The Hall–Kier alpha value is -0.830. The standard InChI is InChI=1S/C14H21NO2/c1-9(14(16)17-2)15-7-12-10-3-4-11(6-5-10)13(12)8-15/h3-4,9-13H,5-8H2,1-2H3. The fourth-order valence-corrected chi connectivity index (χ4v) is 4.00. The third-order valence-electron chi connectivity index (χ3n) is 5.07. The van der Waals surface area contributed by atoms with Gasteiger partial charge in [0.2, 0.25) is 0 Å². The van der Waals surface area contributed by atoms with Gasteiger partial charge in [-0.25, -0.2) is 0 Å². The smallest absolute Gasteiger partial charge is 0.322 e. The monoisotopic (exact) mass is 235 g/mol. The highest BCUT2D eigenvalue weighted by Gasteiger charge is 2.47. The van der Waals surface area contributed by atoms with E-state index in [9.17, 15) is 4.79 Å². The van der Waals surface area contributed by atoms with E-state index in [2.05, 4.69) is 17.1 Å². The molecule has 1 aliphatic heterocycles. The molecule has 4 rings (SSSR count). The first kappa shape index (κ1) is 11.3. The van der Waals surface area contributed by atoms with Crippen LogP contribution in [0.5, 0.6) is 0 Å². The van der Waals surface area contributed by atoms with Crippen LogP contribution in [0.1, 0.15) is 19.8 Å². The zero-order valence-electron chi connectivity index (χ0n) is 10.6. The molecule has 2 fully saturated rings. The summed E-state index contributed by atoms with van der Waals surface area (Å²) >= 11 is 0. The molecular weight excluding hydrogens is 214 g/mol. The van der Waals surface area contributed by atoms with Gasteiger partial charge in [0.05, 0.1) is 7.11 Å². The van der Waals surface area contributed by atoms with E-state index >= 15 is 0 Å². The highest BCUT2D eigenvalue weighted by Crippen LogP contribution is 2.48.